The van der Waals surface area contributed by atoms with Crippen LogP contribution in [0.5, 0.6) is 0 Å². The molecule has 2 aromatic carbocycles. The molecule has 0 saturated carbocycles. The maximum absolute atomic E-state index is 13.2. The lowest BCUT2D eigenvalue weighted by atomic mass is 9.96. The Hall–Kier alpha value is -4.02. The zero-order valence-corrected chi connectivity index (χ0v) is 23.3. The number of halogens is 1. The number of aromatic nitrogens is 3. The molecule has 9 nitrogen and oxygen atoms in total. The molecule has 6 rings (SSSR count). The number of rotatable bonds is 5. The van der Waals surface area contributed by atoms with Gasteiger partial charge < -0.3 is 24.7 Å². The highest BCUT2D eigenvalue weighted by Gasteiger charge is 2.27. The minimum absolute atomic E-state index is 0.127. The average molecular weight is 589 g/mol. The predicted octanol–water partition coefficient (Wildman–Crippen LogP) is 5.62. The van der Waals surface area contributed by atoms with Gasteiger partial charge in [0.15, 0.2) is 5.69 Å². The minimum atomic E-state index is -0.743. The van der Waals surface area contributed by atoms with E-state index in [1.54, 1.807) is 6.20 Å². The number of morpholine rings is 1. The predicted molar refractivity (Wildman–Crippen MR) is 156 cm³/mol. The van der Waals surface area contributed by atoms with Crippen molar-refractivity contribution in [2.75, 3.05) is 41.8 Å². The van der Waals surface area contributed by atoms with Crippen LogP contribution in [0.4, 0.5) is 17.4 Å². The van der Waals surface area contributed by atoms with Gasteiger partial charge in [0, 0.05) is 35.0 Å². The van der Waals surface area contributed by atoms with E-state index in [9.17, 15) is 4.79 Å². The first kappa shape index (κ1) is 26.6. The number of nitrogens with one attached hydrogen (secondary N) is 2. The lowest BCUT2D eigenvalue weighted by Gasteiger charge is -2.29. The number of carbonyl (C=O) groups excluding carboxylic acids is 1. The van der Waals surface area contributed by atoms with E-state index in [0.717, 1.165) is 45.6 Å². The van der Waals surface area contributed by atoms with Gasteiger partial charge >= 0.3 is 6.01 Å². The molecule has 2 aliphatic rings. The average Bonchev–Trinajstić information content (AvgIpc) is 3.40. The largest absolute Gasteiger partial charge is 0.402 e. The molecule has 4 heterocycles. The van der Waals surface area contributed by atoms with Crippen molar-refractivity contribution >= 4 is 44.8 Å². The van der Waals surface area contributed by atoms with Gasteiger partial charge in [-0.15, -0.1) is 5.10 Å². The molecule has 1 saturated heterocycles. The third-order valence-electron chi connectivity index (χ3n) is 6.27. The third kappa shape index (κ3) is 5.86. The quantitative estimate of drug-likeness (QED) is 0.309. The molecular weight excluding hydrogens is 560 g/mol. The summed E-state index contributed by atoms with van der Waals surface area (Å²) in [7, 11) is 0. The molecule has 10 heteroatoms. The topological polar surface area (TPSA) is 105 Å². The fraction of sp³-hybridized carbons (Fsp3) is 0.241. The van der Waals surface area contributed by atoms with E-state index in [1.807, 2.05) is 80.6 Å². The number of amides is 1. The van der Waals surface area contributed by atoms with E-state index in [2.05, 4.69) is 46.6 Å². The molecule has 2 N–H and O–H groups in total. The summed E-state index contributed by atoms with van der Waals surface area (Å²) in [6, 6.07) is 19.1. The van der Waals surface area contributed by atoms with E-state index >= 15 is 0 Å². The Morgan fingerprint density at radius 1 is 1.03 bits per heavy atom. The van der Waals surface area contributed by atoms with Crippen molar-refractivity contribution in [2.45, 2.75) is 19.9 Å². The molecule has 4 aromatic rings. The second-order valence-corrected chi connectivity index (χ2v) is 9.55. The number of fused-ring (bicyclic) bond motifs is 1. The van der Waals surface area contributed by atoms with Crippen molar-refractivity contribution in [3.8, 4) is 11.6 Å². The molecule has 200 valence electrons. The summed E-state index contributed by atoms with van der Waals surface area (Å²) in [4.78, 5) is 19.9. The van der Waals surface area contributed by atoms with Gasteiger partial charge in [-0.1, -0.05) is 67.5 Å². The Kier molecular flexibility index (Phi) is 8.33. The number of pyridine rings is 1. The highest BCUT2D eigenvalue weighted by atomic mass is 79.9. The molecule has 1 unspecified atom stereocenters. The first-order valence-electron chi connectivity index (χ1n) is 12.9. The van der Waals surface area contributed by atoms with E-state index in [-0.39, 0.29) is 17.8 Å². The summed E-state index contributed by atoms with van der Waals surface area (Å²) in [5, 5.41) is 14.5. The molecule has 39 heavy (non-hydrogen) atoms. The normalized spacial score (nSPS) is 16.7. The van der Waals surface area contributed by atoms with Crippen LogP contribution in [-0.2, 0) is 9.53 Å². The van der Waals surface area contributed by atoms with Gasteiger partial charge in [0.25, 0.3) is 11.8 Å². The summed E-state index contributed by atoms with van der Waals surface area (Å²) >= 11 is 3.51. The fourth-order valence-electron chi connectivity index (χ4n) is 4.50. The molecule has 1 fully saturated rings. The Bertz CT molecular complexity index is 1470. The monoisotopic (exact) mass is 588 g/mol. The molecule has 1 atom stereocenters. The Morgan fingerprint density at radius 2 is 1.77 bits per heavy atom. The SMILES string of the molecule is CC.O=C1Nc2ccccc2C(c2ccccc2)=CC1Nc1nnc(-c2ncc(Br)cc2N2CCOCC2)o1. The fourth-order valence-corrected chi connectivity index (χ4v) is 4.81. The van der Waals surface area contributed by atoms with Gasteiger partial charge in [0.2, 0.25) is 0 Å². The van der Waals surface area contributed by atoms with Gasteiger partial charge in [-0.25, -0.2) is 4.98 Å². The lowest BCUT2D eigenvalue weighted by molar-refractivity contribution is -0.116. The summed E-state index contributed by atoms with van der Waals surface area (Å²) in [5.41, 5.74) is 5.06. The molecule has 0 radical (unpaired) electrons. The molecular formula is C29H29BrN6O3. The number of benzene rings is 2. The minimum Gasteiger partial charge on any atom is -0.402 e. The number of nitrogens with zero attached hydrogens (tertiary/aromatic N) is 4. The molecule has 0 bridgehead atoms. The Balaban J connectivity index is 0.00000151. The first-order chi connectivity index (χ1) is 19.2. The third-order valence-corrected chi connectivity index (χ3v) is 6.70. The van der Waals surface area contributed by atoms with Crippen molar-refractivity contribution in [1.29, 1.82) is 0 Å². The van der Waals surface area contributed by atoms with Crippen LogP contribution in [0, 0.1) is 0 Å². The molecule has 1 amide bonds. The number of hydrogen-bond acceptors (Lipinski definition) is 8. The standard InChI is InChI=1S/C27H23BrN6O3.C2H6/c28-18-14-23(34-10-12-36-13-11-34)24(29-16-18)26-32-33-27(37-26)31-22-15-20(17-6-2-1-3-7-17)19-8-4-5-9-21(19)30-25(22)35;1-2/h1-9,14-16,22H,10-13H2,(H,30,35)(H,31,33);1-2H3. The molecule has 0 spiro atoms. The highest BCUT2D eigenvalue weighted by molar-refractivity contribution is 9.10. The van der Waals surface area contributed by atoms with E-state index in [4.69, 9.17) is 9.15 Å². The first-order valence-corrected chi connectivity index (χ1v) is 13.7. The number of hydrogen-bond donors (Lipinski definition) is 2. The van der Waals surface area contributed by atoms with Crippen LogP contribution in [-0.4, -0.2) is 53.4 Å². The van der Waals surface area contributed by atoms with Crippen molar-refractivity contribution in [3.05, 3.63) is 88.5 Å². The highest BCUT2D eigenvalue weighted by Crippen LogP contribution is 2.34. The maximum atomic E-state index is 13.2. The van der Waals surface area contributed by atoms with Crippen molar-refractivity contribution in [3.63, 3.8) is 0 Å². The number of para-hydroxylation sites is 1. The molecule has 2 aliphatic heterocycles. The maximum Gasteiger partial charge on any atom is 0.316 e. The van der Waals surface area contributed by atoms with Gasteiger partial charge in [0.1, 0.15) is 6.04 Å². The zero-order chi connectivity index (χ0) is 27.2. The summed E-state index contributed by atoms with van der Waals surface area (Å²) in [6.45, 7) is 6.75. The second kappa shape index (κ2) is 12.2. The van der Waals surface area contributed by atoms with Crippen LogP contribution in [0.25, 0.3) is 17.2 Å². The van der Waals surface area contributed by atoms with Gasteiger partial charge in [-0.2, -0.15) is 0 Å². The summed E-state index contributed by atoms with van der Waals surface area (Å²) in [6.07, 6.45) is 3.58. The van der Waals surface area contributed by atoms with Crippen LogP contribution in [0.3, 0.4) is 0 Å². The zero-order valence-electron chi connectivity index (χ0n) is 21.7. The smallest absolute Gasteiger partial charge is 0.316 e. The van der Waals surface area contributed by atoms with Gasteiger partial charge in [0.05, 0.1) is 18.9 Å². The Morgan fingerprint density at radius 3 is 2.56 bits per heavy atom. The van der Waals surface area contributed by atoms with Crippen LogP contribution in [0.2, 0.25) is 0 Å². The molecule has 2 aromatic heterocycles. The van der Waals surface area contributed by atoms with Crippen LogP contribution in [0.1, 0.15) is 25.0 Å². The van der Waals surface area contributed by atoms with Crippen molar-refractivity contribution in [1.82, 2.24) is 15.2 Å². The molecule has 0 aliphatic carbocycles. The van der Waals surface area contributed by atoms with E-state index in [1.165, 1.54) is 0 Å². The number of ether oxygens (including phenoxy) is 1. The van der Waals surface area contributed by atoms with Crippen molar-refractivity contribution in [2.24, 2.45) is 0 Å². The van der Waals surface area contributed by atoms with Gasteiger partial charge in [-0.05, 0) is 45.3 Å². The van der Waals surface area contributed by atoms with Crippen LogP contribution < -0.4 is 15.5 Å². The lowest BCUT2D eigenvalue weighted by Crippen LogP contribution is -2.36. The van der Waals surface area contributed by atoms with Crippen molar-refractivity contribution < 1.29 is 13.9 Å². The van der Waals surface area contributed by atoms with Crippen LogP contribution >= 0.6 is 15.9 Å². The summed E-state index contributed by atoms with van der Waals surface area (Å²) in [5.74, 6) is 0.0370. The van der Waals surface area contributed by atoms with Crippen LogP contribution in [0.15, 0.2) is 81.8 Å². The number of anilines is 3. The Labute approximate surface area is 235 Å². The van der Waals surface area contributed by atoms with E-state index in [0.29, 0.717) is 18.9 Å². The number of carbonyl (C=O) groups is 1. The van der Waals surface area contributed by atoms with E-state index < -0.39 is 6.04 Å². The summed E-state index contributed by atoms with van der Waals surface area (Å²) < 4.78 is 12.3. The van der Waals surface area contributed by atoms with Gasteiger partial charge in [-0.3, -0.25) is 4.79 Å². The second-order valence-electron chi connectivity index (χ2n) is 8.64.